The van der Waals surface area contributed by atoms with Crippen LogP contribution in [0.25, 0.3) is 0 Å². The van der Waals surface area contributed by atoms with E-state index in [9.17, 15) is 9.59 Å². The largest absolute Gasteiger partial charge is 0.354 e. The maximum atomic E-state index is 13.4. The van der Waals surface area contributed by atoms with Gasteiger partial charge in [-0.1, -0.05) is 91.0 Å². The zero-order valence-electron chi connectivity index (χ0n) is 16.6. The second kappa shape index (κ2) is 10.2. The number of carbonyl (C=O) groups is 2. The van der Waals surface area contributed by atoms with Crippen LogP contribution in [0.4, 0.5) is 0 Å². The molecule has 1 atom stereocenters. The Morgan fingerprint density at radius 3 is 1.86 bits per heavy atom. The second-order valence-corrected chi connectivity index (χ2v) is 6.88. The third-order valence-corrected chi connectivity index (χ3v) is 4.74. The molecule has 4 nitrogen and oxygen atoms in total. The topological polar surface area (TPSA) is 49.4 Å². The number of likely N-dealkylation sites (N-methyl/N-ethyl adjacent to an activating group) is 1. The summed E-state index contributed by atoms with van der Waals surface area (Å²) in [5, 5.41) is 2.90. The SMILES string of the molecule is CCNC(=O)C(c1ccccc1)N(Cc1ccccc1)C(=O)Cc1ccccc1. The normalized spacial score (nSPS) is 11.5. The van der Waals surface area contributed by atoms with Gasteiger partial charge in [0.1, 0.15) is 6.04 Å². The van der Waals surface area contributed by atoms with E-state index in [1.807, 2.05) is 97.9 Å². The predicted octanol–water partition coefficient (Wildman–Crippen LogP) is 4.14. The maximum absolute atomic E-state index is 13.4. The minimum Gasteiger partial charge on any atom is -0.354 e. The fourth-order valence-corrected chi connectivity index (χ4v) is 3.35. The fraction of sp³-hybridized carbons (Fsp3) is 0.200. The van der Waals surface area contributed by atoms with E-state index in [1.54, 1.807) is 4.90 Å². The molecule has 0 saturated heterocycles. The van der Waals surface area contributed by atoms with Crippen molar-refractivity contribution in [3.8, 4) is 0 Å². The number of hydrogen-bond acceptors (Lipinski definition) is 2. The molecule has 3 aromatic rings. The number of benzene rings is 3. The Hall–Kier alpha value is -3.40. The molecule has 148 valence electrons. The molecular formula is C25H26N2O2. The maximum Gasteiger partial charge on any atom is 0.247 e. The molecule has 1 unspecified atom stereocenters. The van der Waals surface area contributed by atoms with Gasteiger partial charge in [-0.15, -0.1) is 0 Å². The highest BCUT2D eigenvalue weighted by Crippen LogP contribution is 2.25. The van der Waals surface area contributed by atoms with Gasteiger partial charge in [-0.3, -0.25) is 9.59 Å². The molecule has 0 aliphatic rings. The van der Waals surface area contributed by atoms with E-state index in [4.69, 9.17) is 0 Å². The van der Waals surface area contributed by atoms with Crippen LogP contribution in [0.15, 0.2) is 91.0 Å². The highest BCUT2D eigenvalue weighted by atomic mass is 16.2. The van der Waals surface area contributed by atoms with E-state index in [2.05, 4.69) is 5.32 Å². The van der Waals surface area contributed by atoms with E-state index in [0.717, 1.165) is 16.7 Å². The molecule has 0 fully saturated rings. The second-order valence-electron chi connectivity index (χ2n) is 6.88. The molecule has 2 amide bonds. The standard InChI is InChI=1S/C25H26N2O2/c1-2-26-25(29)24(22-16-10-5-11-17-22)27(19-21-14-8-4-9-15-21)23(28)18-20-12-6-3-7-13-20/h3-17,24H,2,18-19H2,1H3,(H,26,29). The van der Waals surface area contributed by atoms with Gasteiger partial charge in [-0.25, -0.2) is 0 Å². The van der Waals surface area contributed by atoms with E-state index in [1.165, 1.54) is 0 Å². The zero-order chi connectivity index (χ0) is 20.5. The lowest BCUT2D eigenvalue weighted by atomic mass is 10.0. The van der Waals surface area contributed by atoms with Crippen molar-refractivity contribution in [2.75, 3.05) is 6.54 Å². The molecular weight excluding hydrogens is 360 g/mol. The Morgan fingerprint density at radius 2 is 1.31 bits per heavy atom. The van der Waals surface area contributed by atoms with Gasteiger partial charge >= 0.3 is 0 Å². The number of hydrogen-bond donors (Lipinski definition) is 1. The molecule has 0 aromatic heterocycles. The summed E-state index contributed by atoms with van der Waals surface area (Å²) in [6.07, 6.45) is 0.246. The first-order valence-corrected chi connectivity index (χ1v) is 9.89. The Balaban J connectivity index is 1.97. The summed E-state index contributed by atoms with van der Waals surface area (Å²) in [4.78, 5) is 28.1. The lowest BCUT2D eigenvalue weighted by Crippen LogP contribution is -2.44. The smallest absolute Gasteiger partial charge is 0.247 e. The molecule has 0 aliphatic carbocycles. The number of nitrogens with one attached hydrogen (secondary N) is 1. The lowest BCUT2D eigenvalue weighted by molar-refractivity contribution is -0.141. The first kappa shape index (κ1) is 20.3. The van der Waals surface area contributed by atoms with Crippen LogP contribution < -0.4 is 5.32 Å². The zero-order valence-corrected chi connectivity index (χ0v) is 16.6. The molecule has 4 heteroatoms. The van der Waals surface area contributed by atoms with Crippen LogP contribution >= 0.6 is 0 Å². The minimum atomic E-state index is -0.687. The van der Waals surface area contributed by atoms with Gasteiger partial charge in [0.25, 0.3) is 0 Å². The van der Waals surface area contributed by atoms with Gasteiger partial charge in [0.2, 0.25) is 11.8 Å². The third kappa shape index (κ3) is 5.55. The quantitative estimate of drug-likeness (QED) is 0.633. The molecule has 0 heterocycles. The van der Waals surface area contributed by atoms with Gasteiger partial charge in [-0.2, -0.15) is 0 Å². The first-order valence-electron chi connectivity index (χ1n) is 9.89. The summed E-state index contributed by atoms with van der Waals surface area (Å²) in [5.74, 6) is -0.254. The molecule has 0 aliphatic heterocycles. The summed E-state index contributed by atoms with van der Waals surface area (Å²) in [7, 11) is 0. The highest BCUT2D eigenvalue weighted by molar-refractivity contribution is 5.89. The van der Waals surface area contributed by atoms with Crippen LogP contribution in [0.3, 0.4) is 0 Å². The van der Waals surface area contributed by atoms with E-state index >= 15 is 0 Å². The van der Waals surface area contributed by atoms with Gasteiger partial charge in [0.15, 0.2) is 0 Å². The van der Waals surface area contributed by atoms with Crippen molar-refractivity contribution in [2.24, 2.45) is 0 Å². The van der Waals surface area contributed by atoms with E-state index in [0.29, 0.717) is 13.1 Å². The Labute approximate surface area is 172 Å². The molecule has 0 radical (unpaired) electrons. The minimum absolute atomic E-state index is 0.0832. The average Bonchev–Trinajstić information content (AvgIpc) is 2.76. The summed E-state index contributed by atoms with van der Waals surface area (Å²) in [6, 6.07) is 28.2. The molecule has 1 N–H and O–H groups in total. The number of amides is 2. The number of rotatable bonds is 8. The van der Waals surface area contributed by atoms with Crippen molar-refractivity contribution < 1.29 is 9.59 Å². The van der Waals surface area contributed by atoms with Crippen LogP contribution in [0.1, 0.15) is 29.7 Å². The Kier molecular flexibility index (Phi) is 7.17. The van der Waals surface area contributed by atoms with E-state index in [-0.39, 0.29) is 18.2 Å². The monoisotopic (exact) mass is 386 g/mol. The lowest BCUT2D eigenvalue weighted by Gasteiger charge is -2.31. The molecule has 0 saturated carbocycles. The van der Waals surface area contributed by atoms with Crippen molar-refractivity contribution in [3.63, 3.8) is 0 Å². The number of carbonyl (C=O) groups excluding carboxylic acids is 2. The average molecular weight is 386 g/mol. The van der Waals surface area contributed by atoms with Crippen LogP contribution in [0, 0.1) is 0 Å². The van der Waals surface area contributed by atoms with Gasteiger partial charge in [0.05, 0.1) is 6.42 Å². The van der Waals surface area contributed by atoms with Crippen LogP contribution in [0.5, 0.6) is 0 Å². The van der Waals surface area contributed by atoms with Crippen LogP contribution in [-0.4, -0.2) is 23.3 Å². The van der Waals surface area contributed by atoms with Crippen LogP contribution in [0.2, 0.25) is 0 Å². The highest BCUT2D eigenvalue weighted by Gasteiger charge is 2.31. The van der Waals surface area contributed by atoms with Crippen molar-refractivity contribution in [2.45, 2.75) is 25.9 Å². The van der Waals surface area contributed by atoms with Gasteiger partial charge < -0.3 is 10.2 Å². The Bertz CT molecular complexity index is 911. The third-order valence-electron chi connectivity index (χ3n) is 4.74. The predicted molar refractivity (Wildman–Crippen MR) is 115 cm³/mol. The van der Waals surface area contributed by atoms with Gasteiger partial charge in [0, 0.05) is 13.1 Å². The summed E-state index contributed by atoms with van der Waals surface area (Å²) in [5.41, 5.74) is 2.72. The Morgan fingerprint density at radius 1 is 0.793 bits per heavy atom. The molecule has 3 aromatic carbocycles. The first-order chi connectivity index (χ1) is 14.2. The van der Waals surface area contributed by atoms with Crippen molar-refractivity contribution in [1.82, 2.24) is 10.2 Å². The summed E-state index contributed by atoms with van der Waals surface area (Å²) in [6.45, 7) is 2.75. The van der Waals surface area contributed by atoms with Gasteiger partial charge in [-0.05, 0) is 23.6 Å². The molecule has 0 bridgehead atoms. The fourth-order valence-electron chi connectivity index (χ4n) is 3.35. The summed E-state index contributed by atoms with van der Waals surface area (Å²) >= 11 is 0. The van der Waals surface area contributed by atoms with Crippen molar-refractivity contribution in [3.05, 3.63) is 108 Å². The molecule has 3 rings (SSSR count). The van der Waals surface area contributed by atoms with Crippen molar-refractivity contribution >= 4 is 11.8 Å². The van der Waals surface area contributed by atoms with E-state index < -0.39 is 6.04 Å². The molecule has 0 spiro atoms. The summed E-state index contributed by atoms with van der Waals surface area (Å²) < 4.78 is 0. The van der Waals surface area contributed by atoms with Crippen LogP contribution in [-0.2, 0) is 22.6 Å². The van der Waals surface area contributed by atoms with Crippen molar-refractivity contribution in [1.29, 1.82) is 0 Å². The molecule has 29 heavy (non-hydrogen) atoms. The number of nitrogens with zero attached hydrogens (tertiary/aromatic N) is 1.